The molecule has 3 nitrogen and oxygen atoms in total. The van der Waals surface area contributed by atoms with Gasteiger partial charge in [0.25, 0.3) is 0 Å². The van der Waals surface area contributed by atoms with Crippen molar-refractivity contribution in [1.29, 1.82) is 0 Å². The third-order valence-corrected chi connectivity index (χ3v) is 3.60. The summed E-state index contributed by atoms with van der Waals surface area (Å²) in [6, 6.07) is 10.2. The van der Waals surface area contributed by atoms with Gasteiger partial charge in [-0.2, -0.15) is 0 Å². The summed E-state index contributed by atoms with van der Waals surface area (Å²) in [5, 5.41) is 0. The molecule has 0 aliphatic heterocycles. The zero-order chi connectivity index (χ0) is 15.0. The maximum Gasteiger partial charge on any atom is 0.186 e. The molecule has 0 aliphatic carbocycles. The first-order valence-electron chi connectivity index (χ1n) is 6.72. The lowest BCUT2D eigenvalue weighted by Gasteiger charge is -2.10. The monoisotopic (exact) mass is 287 g/mol. The fourth-order valence-corrected chi connectivity index (χ4v) is 2.40. The van der Waals surface area contributed by atoms with E-state index in [1.807, 2.05) is 24.3 Å². The van der Waals surface area contributed by atoms with E-state index >= 15 is 0 Å². The Morgan fingerprint density at radius 1 is 1.14 bits per heavy atom. The first kappa shape index (κ1) is 13.5. The number of H-pyrrole nitrogens is 1. The van der Waals surface area contributed by atoms with E-state index in [-0.39, 0.29) is 11.4 Å². The van der Waals surface area contributed by atoms with E-state index < -0.39 is 11.6 Å². The molecule has 0 bridgehead atoms. The van der Waals surface area contributed by atoms with Crippen molar-refractivity contribution in [2.45, 2.75) is 19.3 Å². The Balaban J connectivity index is 1.87. The number of rotatable bonds is 3. The van der Waals surface area contributed by atoms with E-state index in [0.717, 1.165) is 11.6 Å². The lowest BCUT2D eigenvalue weighted by Crippen LogP contribution is -2.00. The third kappa shape index (κ3) is 2.59. The van der Waals surface area contributed by atoms with Crippen LogP contribution in [-0.4, -0.2) is 9.97 Å². The van der Waals surface area contributed by atoms with Gasteiger partial charge in [-0.1, -0.05) is 19.1 Å². The van der Waals surface area contributed by atoms with Crippen molar-refractivity contribution >= 4 is 16.7 Å². The lowest BCUT2D eigenvalue weighted by molar-refractivity contribution is 0.515. The highest BCUT2D eigenvalue weighted by atomic mass is 19.2. The second-order valence-electron chi connectivity index (χ2n) is 5.21. The molecule has 0 amide bonds. The third-order valence-electron chi connectivity index (χ3n) is 3.60. The molecule has 3 N–H and O–H groups in total. The number of hydrogen-bond donors (Lipinski definition) is 2. The zero-order valence-electron chi connectivity index (χ0n) is 11.5. The average Bonchev–Trinajstić information content (AvgIpc) is 2.87. The molecule has 1 atom stereocenters. The van der Waals surface area contributed by atoms with Crippen LogP contribution in [-0.2, 0) is 6.42 Å². The number of fused-ring (bicyclic) bond motifs is 1. The molecule has 0 aliphatic rings. The summed E-state index contributed by atoms with van der Waals surface area (Å²) in [7, 11) is 0. The fourth-order valence-electron chi connectivity index (χ4n) is 2.40. The number of nitrogens with two attached hydrogens (primary N) is 1. The predicted molar refractivity (Wildman–Crippen MR) is 79.0 cm³/mol. The zero-order valence-corrected chi connectivity index (χ0v) is 11.5. The Kier molecular flexibility index (Phi) is 3.33. The summed E-state index contributed by atoms with van der Waals surface area (Å²) < 4.78 is 26.8. The quantitative estimate of drug-likeness (QED) is 0.720. The summed E-state index contributed by atoms with van der Waals surface area (Å²) in [5.74, 6) is -0.958. The van der Waals surface area contributed by atoms with Gasteiger partial charge in [-0.05, 0) is 35.7 Å². The molecule has 3 rings (SSSR count). The smallest absolute Gasteiger partial charge is 0.186 e. The van der Waals surface area contributed by atoms with Gasteiger partial charge in [0.05, 0.1) is 5.52 Å². The van der Waals surface area contributed by atoms with Crippen LogP contribution in [0.25, 0.3) is 11.0 Å². The van der Waals surface area contributed by atoms with Crippen LogP contribution in [0.15, 0.2) is 36.4 Å². The standard InChI is InChI=1S/C16H15F2N3/c1-9(10-2-4-11(19)5-3-10)8-14-20-13-7-6-12(17)15(18)16(13)21-14/h2-7,9H,8,19H2,1H3,(H,20,21). The van der Waals surface area contributed by atoms with Crippen LogP contribution in [0.4, 0.5) is 14.5 Å². The highest BCUT2D eigenvalue weighted by Crippen LogP contribution is 2.23. The number of halogens is 2. The fraction of sp³-hybridized carbons (Fsp3) is 0.188. The number of anilines is 1. The van der Waals surface area contributed by atoms with Gasteiger partial charge in [-0.25, -0.2) is 13.8 Å². The molecule has 3 aromatic rings. The van der Waals surface area contributed by atoms with E-state index in [0.29, 0.717) is 23.4 Å². The molecule has 0 saturated carbocycles. The highest BCUT2D eigenvalue weighted by Gasteiger charge is 2.14. The second kappa shape index (κ2) is 5.16. The van der Waals surface area contributed by atoms with Crippen LogP contribution in [0.2, 0.25) is 0 Å². The van der Waals surface area contributed by atoms with E-state index in [9.17, 15) is 8.78 Å². The van der Waals surface area contributed by atoms with Crippen LogP contribution in [0, 0.1) is 11.6 Å². The van der Waals surface area contributed by atoms with Crippen LogP contribution in [0.5, 0.6) is 0 Å². The summed E-state index contributed by atoms with van der Waals surface area (Å²) in [4.78, 5) is 7.19. The number of aromatic amines is 1. The Labute approximate surface area is 120 Å². The van der Waals surface area contributed by atoms with Crippen molar-refractivity contribution in [2.75, 3.05) is 5.73 Å². The van der Waals surface area contributed by atoms with Gasteiger partial charge in [0.15, 0.2) is 11.6 Å². The van der Waals surface area contributed by atoms with Crippen molar-refractivity contribution in [3.63, 3.8) is 0 Å². The molecule has 0 radical (unpaired) electrons. The Hall–Kier alpha value is -2.43. The van der Waals surface area contributed by atoms with Crippen LogP contribution < -0.4 is 5.73 Å². The summed E-state index contributed by atoms with van der Waals surface area (Å²) in [6.45, 7) is 2.05. The summed E-state index contributed by atoms with van der Waals surface area (Å²) in [5.41, 5.74) is 8.06. The number of nitrogen functional groups attached to an aromatic ring is 1. The number of nitrogens with zero attached hydrogens (tertiary/aromatic N) is 1. The minimum atomic E-state index is -0.907. The molecule has 5 heteroatoms. The van der Waals surface area contributed by atoms with Gasteiger partial charge in [-0.3, -0.25) is 0 Å². The summed E-state index contributed by atoms with van der Waals surface area (Å²) in [6.07, 6.45) is 0.611. The first-order valence-corrected chi connectivity index (χ1v) is 6.72. The predicted octanol–water partition coefficient (Wildman–Crippen LogP) is 3.77. The molecule has 21 heavy (non-hydrogen) atoms. The van der Waals surface area contributed by atoms with Crippen LogP contribution in [0.1, 0.15) is 24.2 Å². The Morgan fingerprint density at radius 2 is 1.86 bits per heavy atom. The van der Waals surface area contributed by atoms with Crippen molar-refractivity contribution in [3.05, 3.63) is 59.4 Å². The minimum Gasteiger partial charge on any atom is -0.399 e. The highest BCUT2D eigenvalue weighted by molar-refractivity contribution is 5.75. The molecule has 0 spiro atoms. The number of benzene rings is 2. The van der Waals surface area contributed by atoms with Crippen LogP contribution in [0.3, 0.4) is 0 Å². The maximum atomic E-state index is 13.6. The topological polar surface area (TPSA) is 54.7 Å². The molecule has 1 heterocycles. The molecule has 2 aromatic carbocycles. The second-order valence-corrected chi connectivity index (χ2v) is 5.21. The molecule has 0 fully saturated rings. The SMILES string of the molecule is CC(Cc1nc2c(F)c(F)ccc2[nH]1)c1ccc(N)cc1. The van der Waals surface area contributed by atoms with Gasteiger partial charge in [-0.15, -0.1) is 0 Å². The van der Waals surface area contributed by atoms with Gasteiger partial charge in [0.2, 0.25) is 0 Å². The van der Waals surface area contributed by atoms with Crippen LogP contribution >= 0.6 is 0 Å². The molecule has 108 valence electrons. The normalized spacial score (nSPS) is 12.7. The Morgan fingerprint density at radius 3 is 2.57 bits per heavy atom. The van der Waals surface area contributed by atoms with E-state index in [4.69, 9.17) is 5.73 Å². The Bertz CT molecular complexity index is 778. The van der Waals surface area contributed by atoms with E-state index in [2.05, 4.69) is 16.9 Å². The number of nitrogens with one attached hydrogen (secondary N) is 1. The van der Waals surface area contributed by atoms with Crippen molar-refractivity contribution in [2.24, 2.45) is 0 Å². The largest absolute Gasteiger partial charge is 0.399 e. The molecular weight excluding hydrogens is 272 g/mol. The summed E-state index contributed by atoms with van der Waals surface area (Å²) >= 11 is 0. The van der Waals surface area contributed by atoms with E-state index in [1.165, 1.54) is 6.07 Å². The van der Waals surface area contributed by atoms with Crippen molar-refractivity contribution in [3.8, 4) is 0 Å². The molecule has 0 saturated heterocycles. The number of imidazole rings is 1. The minimum absolute atomic E-state index is 0.0505. The molecule has 1 aromatic heterocycles. The van der Waals surface area contributed by atoms with Gasteiger partial charge in [0.1, 0.15) is 11.3 Å². The molecular formula is C16H15F2N3. The van der Waals surface area contributed by atoms with Gasteiger partial charge < -0.3 is 10.7 Å². The number of hydrogen-bond acceptors (Lipinski definition) is 2. The van der Waals surface area contributed by atoms with Crippen molar-refractivity contribution in [1.82, 2.24) is 9.97 Å². The number of aromatic nitrogens is 2. The first-order chi connectivity index (χ1) is 10.0. The molecule has 1 unspecified atom stereocenters. The van der Waals surface area contributed by atoms with Gasteiger partial charge in [0, 0.05) is 12.1 Å². The lowest BCUT2D eigenvalue weighted by atomic mass is 9.97. The van der Waals surface area contributed by atoms with E-state index in [1.54, 1.807) is 0 Å². The van der Waals surface area contributed by atoms with Gasteiger partial charge >= 0.3 is 0 Å². The van der Waals surface area contributed by atoms with Crippen molar-refractivity contribution < 1.29 is 8.78 Å². The average molecular weight is 287 g/mol. The maximum absolute atomic E-state index is 13.6.